The molecule has 0 aliphatic heterocycles. The summed E-state index contributed by atoms with van der Waals surface area (Å²) in [6, 6.07) is 9.94. The van der Waals surface area contributed by atoms with Crippen LogP contribution in [0.3, 0.4) is 0 Å². The van der Waals surface area contributed by atoms with Gasteiger partial charge in [0.2, 0.25) is 0 Å². The van der Waals surface area contributed by atoms with E-state index in [1.807, 2.05) is 6.92 Å². The van der Waals surface area contributed by atoms with Crippen LogP contribution in [-0.4, -0.2) is 5.11 Å². The van der Waals surface area contributed by atoms with Gasteiger partial charge in [0.15, 0.2) is 11.6 Å². The van der Waals surface area contributed by atoms with Crippen LogP contribution in [0.25, 0.3) is 0 Å². The van der Waals surface area contributed by atoms with Crippen molar-refractivity contribution in [2.75, 3.05) is 0 Å². The molecule has 0 aliphatic rings. The first-order chi connectivity index (χ1) is 9.11. The highest BCUT2D eigenvalue weighted by molar-refractivity contribution is 5.39. The fourth-order valence-corrected chi connectivity index (χ4v) is 1.75. The van der Waals surface area contributed by atoms with Crippen molar-refractivity contribution in [1.82, 2.24) is 0 Å². The highest BCUT2D eigenvalue weighted by Crippen LogP contribution is 2.32. The highest BCUT2D eigenvalue weighted by atomic mass is 19.1. The zero-order valence-corrected chi connectivity index (χ0v) is 10.4. The second-order valence-corrected chi connectivity index (χ2v) is 4.14. The molecular formula is C15H14F2O2. The number of benzene rings is 2. The predicted octanol–water partition coefficient (Wildman–Crippen LogP) is 4.20. The van der Waals surface area contributed by atoms with Gasteiger partial charge >= 0.3 is 0 Å². The molecule has 0 aromatic heterocycles. The number of hydrogen-bond acceptors (Lipinski definition) is 2. The zero-order chi connectivity index (χ0) is 13.8. The van der Waals surface area contributed by atoms with Crippen molar-refractivity contribution in [3.05, 3.63) is 59.7 Å². The number of aliphatic hydroxyl groups excluding tert-OH is 1. The molecule has 4 heteroatoms. The summed E-state index contributed by atoms with van der Waals surface area (Å²) < 4.78 is 31.8. The van der Waals surface area contributed by atoms with Crippen LogP contribution < -0.4 is 4.74 Å². The fraction of sp³-hybridized carbons (Fsp3) is 0.200. The summed E-state index contributed by atoms with van der Waals surface area (Å²) in [5, 5.41) is 9.87. The molecule has 2 rings (SSSR count). The Hall–Kier alpha value is -1.94. The molecule has 1 atom stereocenters. The van der Waals surface area contributed by atoms with Crippen LogP contribution in [0.15, 0.2) is 42.5 Å². The Labute approximate surface area is 110 Å². The Morgan fingerprint density at radius 3 is 2.53 bits per heavy atom. The van der Waals surface area contributed by atoms with Crippen LogP contribution in [0.2, 0.25) is 0 Å². The number of para-hydroxylation sites is 1. The van der Waals surface area contributed by atoms with Gasteiger partial charge in [-0.05, 0) is 24.6 Å². The van der Waals surface area contributed by atoms with E-state index >= 15 is 0 Å². The van der Waals surface area contributed by atoms with E-state index in [9.17, 15) is 13.9 Å². The normalized spacial score (nSPS) is 12.2. The minimum absolute atomic E-state index is 0.0721. The number of ether oxygens (including phenoxy) is 1. The van der Waals surface area contributed by atoms with Crippen LogP contribution in [-0.2, 0) is 0 Å². The predicted molar refractivity (Wildman–Crippen MR) is 68.1 cm³/mol. The van der Waals surface area contributed by atoms with E-state index < -0.39 is 17.7 Å². The molecule has 2 nitrogen and oxygen atoms in total. The molecule has 0 spiro atoms. The van der Waals surface area contributed by atoms with Gasteiger partial charge in [-0.3, -0.25) is 0 Å². The largest absolute Gasteiger partial charge is 0.454 e. The summed E-state index contributed by atoms with van der Waals surface area (Å²) in [6.07, 6.45) is -0.161. The molecule has 0 aliphatic carbocycles. The minimum atomic E-state index is -0.777. The van der Waals surface area contributed by atoms with Crippen molar-refractivity contribution in [3.8, 4) is 11.5 Å². The molecule has 0 saturated heterocycles. The zero-order valence-electron chi connectivity index (χ0n) is 10.4. The average molecular weight is 264 g/mol. The Kier molecular flexibility index (Phi) is 4.12. The average Bonchev–Trinajstić information content (AvgIpc) is 2.41. The van der Waals surface area contributed by atoms with Gasteiger partial charge in [-0.1, -0.05) is 25.1 Å². The van der Waals surface area contributed by atoms with Crippen molar-refractivity contribution in [2.24, 2.45) is 0 Å². The van der Waals surface area contributed by atoms with Gasteiger partial charge < -0.3 is 9.84 Å². The number of aliphatic hydroxyl groups is 1. The first kappa shape index (κ1) is 13.5. The first-order valence-electron chi connectivity index (χ1n) is 6.01. The van der Waals surface area contributed by atoms with E-state index in [1.165, 1.54) is 6.07 Å². The topological polar surface area (TPSA) is 29.5 Å². The van der Waals surface area contributed by atoms with Gasteiger partial charge in [-0.25, -0.2) is 8.78 Å². The quantitative estimate of drug-likeness (QED) is 0.896. The third kappa shape index (κ3) is 3.09. The van der Waals surface area contributed by atoms with Crippen molar-refractivity contribution in [2.45, 2.75) is 19.4 Å². The third-order valence-electron chi connectivity index (χ3n) is 2.78. The molecule has 2 aromatic carbocycles. The number of halogens is 2. The van der Waals surface area contributed by atoms with Gasteiger partial charge in [0.1, 0.15) is 11.6 Å². The maximum atomic E-state index is 13.5. The van der Waals surface area contributed by atoms with E-state index in [4.69, 9.17) is 4.74 Å². The number of rotatable bonds is 4. The Morgan fingerprint density at radius 2 is 1.84 bits per heavy atom. The summed E-state index contributed by atoms with van der Waals surface area (Å²) in [7, 11) is 0. The lowest BCUT2D eigenvalue weighted by molar-refractivity contribution is 0.170. The molecule has 0 amide bonds. The third-order valence-corrected chi connectivity index (χ3v) is 2.78. The van der Waals surface area contributed by atoms with Crippen LogP contribution in [0.5, 0.6) is 11.5 Å². The lowest BCUT2D eigenvalue weighted by Gasteiger charge is -2.14. The molecule has 0 radical (unpaired) electrons. The minimum Gasteiger partial charge on any atom is -0.454 e. The maximum Gasteiger partial charge on any atom is 0.168 e. The van der Waals surface area contributed by atoms with E-state index in [0.717, 1.165) is 12.1 Å². The summed E-state index contributed by atoms with van der Waals surface area (Å²) in [4.78, 5) is 0. The Morgan fingerprint density at radius 1 is 1.11 bits per heavy atom. The molecule has 0 unspecified atom stereocenters. The Bertz CT molecular complexity index is 570. The summed E-state index contributed by atoms with van der Waals surface area (Å²) >= 11 is 0. The monoisotopic (exact) mass is 264 g/mol. The molecule has 0 fully saturated rings. The van der Waals surface area contributed by atoms with E-state index in [-0.39, 0.29) is 5.75 Å². The lowest BCUT2D eigenvalue weighted by Crippen LogP contribution is -1.99. The summed E-state index contributed by atoms with van der Waals surface area (Å²) in [5.74, 6) is -1.15. The SMILES string of the molecule is CC[C@@H](O)c1ccccc1Oc1ccc(F)cc1F. The number of hydrogen-bond donors (Lipinski definition) is 1. The van der Waals surface area contributed by atoms with Gasteiger partial charge in [0.05, 0.1) is 6.10 Å². The van der Waals surface area contributed by atoms with Gasteiger partial charge in [0, 0.05) is 11.6 Å². The molecule has 0 bridgehead atoms. The van der Waals surface area contributed by atoms with Crippen molar-refractivity contribution in [3.63, 3.8) is 0 Å². The molecular weight excluding hydrogens is 250 g/mol. The van der Waals surface area contributed by atoms with Crippen molar-refractivity contribution < 1.29 is 18.6 Å². The summed E-state index contributed by atoms with van der Waals surface area (Å²) in [6.45, 7) is 1.83. The van der Waals surface area contributed by atoms with E-state index in [1.54, 1.807) is 24.3 Å². The van der Waals surface area contributed by atoms with Crippen molar-refractivity contribution in [1.29, 1.82) is 0 Å². The van der Waals surface area contributed by atoms with Crippen LogP contribution >= 0.6 is 0 Å². The van der Waals surface area contributed by atoms with Gasteiger partial charge in [0.25, 0.3) is 0 Å². The molecule has 2 aromatic rings. The molecule has 19 heavy (non-hydrogen) atoms. The molecule has 1 N–H and O–H groups in total. The van der Waals surface area contributed by atoms with E-state index in [2.05, 4.69) is 0 Å². The first-order valence-corrected chi connectivity index (χ1v) is 6.01. The van der Waals surface area contributed by atoms with Crippen LogP contribution in [0, 0.1) is 11.6 Å². The van der Waals surface area contributed by atoms with E-state index in [0.29, 0.717) is 17.7 Å². The van der Waals surface area contributed by atoms with Crippen molar-refractivity contribution >= 4 is 0 Å². The molecule has 0 saturated carbocycles. The van der Waals surface area contributed by atoms with Crippen LogP contribution in [0.4, 0.5) is 8.78 Å². The van der Waals surface area contributed by atoms with Gasteiger partial charge in [-0.15, -0.1) is 0 Å². The lowest BCUT2D eigenvalue weighted by atomic mass is 10.1. The van der Waals surface area contributed by atoms with Crippen LogP contribution in [0.1, 0.15) is 25.0 Å². The Balaban J connectivity index is 2.33. The fourth-order valence-electron chi connectivity index (χ4n) is 1.75. The smallest absolute Gasteiger partial charge is 0.168 e. The second-order valence-electron chi connectivity index (χ2n) is 4.14. The van der Waals surface area contributed by atoms with Gasteiger partial charge in [-0.2, -0.15) is 0 Å². The highest BCUT2D eigenvalue weighted by Gasteiger charge is 2.13. The maximum absolute atomic E-state index is 13.5. The molecule has 0 heterocycles. The molecule has 100 valence electrons. The second kappa shape index (κ2) is 5.80. The standard InChI is InChI=1S/C15H14F2O2/c1-2-13(18)11-5-3-4-6-14(11)19-15-8-7-10(16)9-12(15)17/h3-9,13,18H,2H2,1H3/t13-/m1/s1. The summed E-state index contributed by atoms with van der Waals surface area (Å²) in [5.41, 5.74) is 0.578.